The smallest absolute Gasteiger partial charge is 0.0320 e. The lowest BCUT2D eigenvalue weighted by Crippen LogP contribution is -2.28. The van der Waals surface area contributed by atoms with Crippen LogP contribution in [-0.4, -0.2) is 0 Å². The molecule has 0 heterocycles. The third kappa shape index (κ3) is 1.59. The molecular weight excluding hydrogens is 158 g/mol. The normalized spacial score (nSPS) is 19.9. The predicted molar refractivity (Wildman–Crippen MR) is 57.4 cm³/mol. The lowest BCUT2D eigenvalue weighted by molar-refractivity contribution is 0.682. The number of nitrogen functional groups attached to an aromatic ring is 1. The molecule has 68 valence electrons. The van der Waals surface area contributed by atoms with E-state index in [-0.39, 0.29) is 0 Å². The second kappa shape index (κ2) is 3.25. The molecule has 0 bridgehead atoms. The first-order valence-electron chi connectivity index (χ1n) is 4.87. The van der Waals surface area contributed by atoms with Crippen LogP contribution in [-0.2, 0) is 0 Å². The summed E-state index contributed by atoms with van der Waals surface area (Å²) in [5.41, 5.74) is 6.57. The van der Waals surface area contributed by atoms with Gasteiger partial charge in [-0.15, -0.1) is 0 Å². The minimum absolute atomic E-state index is 0.719. The number of rotatable bonds is 1. The maximum atomic E-state index is 5.72. The minimum Gasteiger partial charge on any atom is -0.399 e. The van der Waals surface area contributed by atoms with Crippen molar-refractivity contribution in [1.29, 1.82) is 0 Å². The zero-order valence-corrected chi connectivity index (χ0v) is 7.96. The van der Waals surface area contributed by atoms with Crippen molar-refractivity contribution in [3.63, 3.8) is 0 Å². The average Bonchev–Trinajstić information content (AvgIpc) is 2.17. The summed E-state index contributed by atoms with van der Waals surface area (Å²) in [7, 11) is 0. The fraction of sp³-hybridized carbons (Fsp3) is 0.333. The Morgan fingerprint density at radius 1 is 1.38 bits per heavy atom. The molecule has 1 aliphatic carbocycles. The van der Waals surface area contributed by atoms with E-state index in [4.69, 9.17) is 5.73 Å². The lowest BCUT2D eigenvalue weighted by Gasteiger charge is -2.10. The summed E-state index contributed by atoms with van der Waals surface area (Å²) in [5, 5.41) is 2.64. The fourth-order valence-corrected chi connectivity index (χ4v) is 1.81. The van der Waals surface area contributed by atoms with Gasteiger partial charge in [-0.3, -0.25) is 0 Å². The molecule has 0 saturated heterocycles. The van der Waals surface area contributed by atoms with Gasteiger partial charge >= 0.3 is 0 Å². The fourth-order valence-electron chi connectivity index (χ4n) is 1.81. The van der Waals surface area contributed by atoms with E-state index in [2.05, 4.69) is 31.2 Å². The standard InChI is InChI=1S/C12H15N/c1-2-9-3-4-11-8-12(13)6-5-10(11)7-9/h4-9H,2-3,13H2,1H3. The molecule has 1 unspecified atom stereocenters. The molecule has 13 heavy (non-hydrogen) atoms. The van der Waals surface area contributed by atoms with Crippen LogP contribution in [0, 0.1) is 5.92 Å². The quantitative estimate of drug-likeness (QED) is 0.636. The largest absolute Gasteiger partial charge is 0.399 e. The van der Waals surface area contributed by atoms with Gasteiger partial charge in [0.15, 0.2) is 0 Å². The molecule has 1 aliphatic rings. The van der Waals surface area contributed by atoms with Crippen LogP contribution in [0.4, 0.5) is 5.69 Å². The molecule has 0 spiro atoms. The molecule has 2 rings (SSSR count). The van der Waals surface area contributed by atoms with Gasteiger partial charge in [-0.25, -0.2) is 0 Å². The van der Waals surface area contributed by atoms with E-state index in [1.807, 2.05) is 6.07 Å². The number of hydrogen-bond acceptors (Lipinski definition) is 1. The van der Waals surface area contributed by atoms with Crippen molar-refractivity contribution in [2.75, 3.05) is 5.73 Å². The number of hydrogen-bond donors (Lipinski definition) is 1. The Balaban J connectivity index is 2.57. The topological polar surface area (TPSA) is 26.0 Å². The Labute approximate surface area is 78.6 Å². The van der Waals surface area contributed by atoms with Crippen molar-refractivity contribution in [2.24, 2.45) is 5.92 Å². The minimum atomic E-state index is 0.719. The molecule has 2 N–H and O–H groups in total. The van der Waals surface area contributed by atoms with Crippen LogP contribution in [0.2, 0.25) is 0 Å². The average molecular weight is 173 g/mol. The van der Waals surface area contributed by atoms with Crippen molar-refractivity contribution in [2.45, 2.75) is 19.8 Å². The van der Waals surface area contributed by atoms with Crippen LogP contribution >= 0.6 is 0 Å². The van der Waals surface area contributed by atoms with Crippen LogP contribution in [0.5, 0.6) is 0 Å². The highest BCUT2D eigenvalue weighted by Crippen LogP contribution is 2.12. The number of benzene rings is 1. The molecule has 0 saturated carbocycles. The Kier molecular flexibility index (Phi) is 2.09. The van der Waals surface area contributed by atoms with Crippen molar-refractivity contribution >= 4 is 17.8 Å². The van der Waals surface area contributed by atoms with Crippen LogP contribution in [0.15, 0.2) is 18.2 Å². The molecule has 1 atom stereocenters. The van der Waals surface area contributed by atoms with Gasteiger partial charge < -0.3 is 5.73 Å². The van der Waals surface area contributed by atoms with Gasteiger partial charge in [0, 0.05) is 5.69 Å². The number of nitrogens with two attached hydrogens (primary N) is 1. The van der Waals surface area contributed by atoms with Gasteiger partial charge in [0.2, 0.25) is 0 Å². The molecular formula is C12H15N. The van der Waals surface area contributed by atoms with Crippen LogP contribution in [0.3, 0.4) is 0 Å². The molecule has 0 aliphatic heterocycles. The summed E-state index contributed by atoms with van der Waals surface area (Å²) < 4.78 is 0. The van der Waals surface area contributed by atoms with E-state index in [1.54, 1.807) is 0 Å². The van der Waals surface area contributed by atoms with Crippen LogP contribution in [0.1, 0.15) is 19.8 Å². The van der Waals surface area contributed by atoms with Gasteiger partial charge in [0.1, 0.15) is 0 Å². The maximum Gasteiger partial charge on any atom is 0.0320 e. The highest BCUT2D eigenvalue weighted by molar-refractivity contribution is 5.47. The first-order chi connectivity index (χ1) is 6.29. The highest BCUT2D eigenvalue weighted by atomic mass is 14.5. The maximum absolute atomic E-state index is 5.72. The first-order valence-corrected chi connectivity index (χ1v) is 4.87. The number of anilines is 1. The lowest BCUT2D eigenvalue weighted by atomic mass is 9.95. The van der Waals surface area contributed by atoms with Crippen LogP contribution in [0.25, 0.3) is 12.2 Å². The summed E-state index contributed by atoms with van der Waals surface area (Å²) in [5.74, 6) is 0.719. The Hall–Kier alpha value is -1.24. The van der Waals surface area contributed by atoms with Crippen molar-refractivity contribution in [1.82, 2.24) is 0 Å². The molecule has 1 aromatic carbocycles. The second-order valence-corrected chi connectivity index (χ2v) is 3.66. The molecule has 0 amide bonds. The van der Waals surface area contributed by atoms with Crippen LogP contribution < -0.4 is 16.2 Å². The van der Waals surface area contributed by atoms with Gasteiger partial charge in [0.05, 0.1) is 0 Å². The summed E-state index contributed by atoms with van der Waals surface area (Å²) in [6.07, 6.45) is 7.03. The van der Waals surface area contributed by atoms with Gasteiger partial charge in [0.25, 0.3) is 0 Å². The third-order valence-electron chi connectivity index (χ3n) is 2.69. The van der Waals surface area contributed by atoms with Gasteiger partial charge in [-0.05, 0) is 41.3 Å². The van der Waals surface area contributed by atoms with E-state index in [0.29, 0.717) is 0 Å². The van der Waals surface area contributed by atoms with E-state index in [0.717, 1.165) is 18.0 Å². The Morgan fingerprint density at radius 3 is 3.00 bits per heavy atom. The van der Waals surface area contributed by atoms with Crippen molar-refractivity contribution < 1.29 is 0 Å². The summed E-state index contributed by atoms with van der Waals surface area (Å²) in [6.45, 7) is 2.23. The van der Waals surface area contributed by atoms with E-state index in [9.17, 15) is 0 Å². The monoisotopic (exact) mass is 173 g/mol. The molecule has 0 fully saturated rings. The van der Waals surface area contributed by atoms with Crippen molar-refractivity contribution in [3.05, 3.63) is 28.6 Å². The molecule has 0 aromatic heterocycles. The van der Waals surface area contributed by atoms with Gasteiger partial charge in [-0.1, -0.05) is 25.1 Å². The SMILES string of the molecule is CCC1C=c2ccc(N)cc2=CC1. The highest BCUT2D eigenvalue weighted by Gasteiger charge is 2.04. The third-order valence-corrected chi connectivity index (χ3v) is 2.69. The molecule has 1 nitrogen and oxygen atoms in total. The Morgan fingerprint density at radius 2 is 2.23 bits per heavy atom. The predicted octanol–water partition coefficient (Wildman–Crippen LogP) is 1.26. The summed E-state index contributed by atoms with van der Waals surface area (Å²) >= 11 is 0. The first kappa shape index (κ1) is 8.36. The molecule has 1 aromatic rings. The summed E-state index contributed by atoms with van der Waals surface area (Å²) in [6, 6.07) is 6.14. The molecule has 0 radical (unpaired) electrons. The summed E-state index contributed by atoms with van der Waals surface area (Å²) in [4.78, 5) is 0. The van der Waals surface area contributed by atoms with E-state index in [1.165, 1.54) is 16.9 Å². The van der Waals surface area contributed by atoms with Gasteiger partial charge in [-0.2, -0.15) is 0 Å². The Bertz CT molecular complexity index is 417. The zero-order valence-electron chi connectivity index (χ0n) is 7.96. The van der Waals surface area contributed by atoms with Crippen molar-refractivity contribution in [3.8, 4) is 0 Å². The molecule has 1 heteroatoms. The van der Waals surface area contributed by atoms with E-state index < -0.39 is 0 Å². The number of fused-ring (bicyclic) bond motifs is 1. The van der Waals surface area contributed by atoms with E-state index >= 15 is 0 Å². The zero-order chi connectivity index (χ0) is 9.26. The second-order valence-electron chi connectivity index (χ2n) is 3.66.